The van der Waals surface area contributed by atoms with Gasteiger partial charge in [-0.25, -0.2) is 4.39 Å². The first-order valence-electron chi connectivity index (χ1n) is 7.32. The summed E-state index contributed by atoms with van der Waals surface area (Å²) >= 11 is 0. The first-order chi connectivity index (χ1) is 11.1. The van der Waals surface area contributed by atoms with Crippen LogP contribution in [0.3, 0.4) is 0 Å². The molecule has 1 N–H and O–H groups in total. The van der Waals surface area contributed by atoms with Crippen LogP contribution in [0, 0.1) is 5.82 Å². The molecule has 0 bridgehead atoms. The number of carbonyl (C=O) groups excluding carboxylic acids is 1. The third-order valence-electron chi connectivity index (χ3n) is 4.13. The second kappa shape index (κ2) is 5.24. The topological polar surface area (TPSA) is 59.0 Å². The van der Waals surface area contributed by atoms with Gasteiger partial charge in [0.15, 0.2) is 11.5 Å². The monoisotopic (exact) mass is 315 g/mol. The lowest BCUT2D eigenvalue weighted by atomic mass is 9.98. The zero-order valence-corrected chi connectivity index (χ0v) is 12.2. The van der Waals surface area contributed by atoms with Crippen molar-refractivity contribution >= 4 is 11.6 Å². The van der Waals surface area contributed by atoms with Crippen molar-refractivity contribution in [3.63, 3.8) is 0 Å². The summed E-state index contributed by atoms with van der Waals surface area (Å²) in [6.45, 7) is 0.512. The Labute approximate surface area is 131 Å². The van der Waals surface area contributed by atoms with Gasteiger partial charge in [-0.2, -0.15) is 0 Å². The van der Waals surface area contributed by atoms with E-state index in [1.165, 1.54) is 18.2 Å². The summed E-state index contributed by atoms with van der Waals surface area (Å²) in [5, 5.41) is 10.0. The van der Waals surface area contributed by atoms with Crippen LogP contribution in [0.4, 0.5) is 10.1 Å². The van der Waals surface area contributed by atoms with Crippen molar-refractivity contribution in [2.45, 2.75) is 12.5 Å². The van der Waals surface area contributed by atoms with E-state index in [-0.39, 0.29) is 12.7 Å². The largest absolute Gasteiger partial charge is 0.454 e. The maximum absolute atomic E-state index is 13.4. The molecule has 0 saturated carbocycles. The van der Waals surface area contributed by atoms with E-state index >= 15 is 0 Å². The highest BCUT2D eigenvalue weighted by molar-refractivity contribution is 6.07. The van der Waals surface area contributed by atoms with Crippen molar-refractivity contribution in [2.75, 3.05) is 18.2 Å². The number of fused-ring (bicyclic) bond motifs is 2. The van der Waals surface area contributed by atoms with E-state index in [4.69, 9.17) is 9.47 Å². The van der Waals surface area contributed by atoms with Crippen molar-refractivity contribution in [1.82, 2.24) is 0 Å². The van der Waals surface area contributed by atoms with Gasteiger partial charge in [0.2, 0.25) is 6.79 Å². The zero-order valence-electron chi connectivity index (χ0n) is 12.2. The molecule has 2 heterocycles. The summed E-state index contributed by atoms with van der Waals surface area (Å²) in [7, 11) is 0. The fourth-order valence-electron chi connectivity index (χ4n) is 2.96. The second-order valence-corrected chi connectivity index (χ2v) is 5.53. The SMILES string of the molecule is O=C(c1ccc2c(c1)OCO2)N1CCC(O)c2cc(F)ccc21. The molecule has 0 aliphatic carbocycles. The van der Waals surface area contributed by atoms with E-state index in [1.807, 2.05) is 0 Å². The summed E-state index contributed by atoms with van der Waals surface area (Å²) in [5.74, 6) is 0.494. The van der Waals surface area contributed by atoms with Gasteiger partial charge in [-0.15, -0.1) is 0 Å². The zero-order chi connectivity index (χ0) is 16.0. The summed E-state index contributed by atoms with van der Waals surface area (Å²) in [6.07, 6.45) is -0.395. The van der Waals surface area contributed by atoms with Gasteiger partial charge in [0.25, 0.3) is 5.91 Å². The molecule has 5 nitrogen and oxygen atoms in total. The molecule has 118 valence electrons. The fourth-order valence-corrected chi connectivity index (χ4v) is 2.96. The van der Waals surface area contributed by atoms with E-state index in [9.17, 15) is 14.3 Å². The highest BCUT2D eigenvalue weighted by Crippen LogP contribution is 2.37. The molecule has 1 atom stereocenters. The van der Waals surface area contributed by atoms with E-state index in [0.29, 0.717) is 41.3 Å². The molecule has 0 saturated heterocycles. The number of amides is 1. The van der Waals surface area contributed by atoms with E-state index in [1.54, 1.807) is 23.1 Å². The van der Waals surface area contributed by atoms with Gasteiger partial charge < -0.3 is 19.5 Å². The average Bonchev–Trinajstić information content (AvgIpc) is 3.02. The van der Waals surface area contributed by atoms with Crippen molar-refractivity contribution in [1.29, 1.82) is 0 Å². The molecular weight excluding hydrogens is 301 g/mol. The van der Waals surface area contributed by atoms with Gasteiger partial charge in [-0.05, 0) is 42.8 Å². The molecule has 0 fully saturated rings. The highest BCUT2D eigenvalue weighted by atomic mass is 19.1. The van der Waals surface area contributed by atoms with Crippen molar-refractivity contribution in [2.24, 2.45) is 0 Å². The molecule has 2 aromatic rings. The lowest BCUT2D eigenvalue weighted by Crippen LogP contribution is -2.36. The molecule has 1 amide bonds. The van der Waals surface area contributed by atoms with Crippen LogP contribution in [-0.2, 0) is 0 Å². The normalized spacial score (nSPS) is 18.7. The fraction of sp³-hybridized carbons (Fsp3) is 0.235. The lowest BCUT2D eigenvalue weighted by Gasteiger charge is -2.32. The van der Waals surface area contributed by atoms with Gasteiger partial charge in [-0.3, -0.25) is 4.79 Å². The van der Waals surface area contributed by atoms with Crippen LogP contribution in [0.1, 0.15) is 28.4 Å². The Morgan fingerprint density at radius 1 is 1.17 bits per heavy atom. The van der Waals surface area contributed by atoms with Crippen molar-refractivity contribution < 1.29 is 23.8 Å². The van der Waals surface area contributed by atoms with Crippen molar-refractivity contribution in [3.05, 3.63) is 53.3 Å². The first kappa shape index (κ1) is 14.0. The third kappa shape index (κ3) is 2.31. The third-order valence-corrected chi connectivity index (χ3v) is 4.13. The molecule has 6 heteroatoms. The number of carbonyl (C=O) groups is 1. The molecule has 4 rings (SSSR count). The van der Waals surface area contributed by atoms with Gasteiger partial charge in [0, 0.05) is 23.4 Å². The van der Waals surface area contributed by atoms with E-state index in [0.717, 1.165) is 0 Å². The minimum Gasteiger partial charge on any atom is -0.454 e. The lowest BCUT2D eigenvalue weighted by molar-refractivity contribution is 0.0970. The van der Waals surface area contributed by atoms with Crippen LogP contribution in [0.15, 0.2) is 36.4 Å². The van der Waals surface area contributed by atoms with Crippen LogP contribution in [-0.4, -0.2) is 24.4 Å². The van der Waals surface area contributed by atoms with Crippen molar-refractivity contribution in [3.8, 4) is 11.5 Å². The molecular formula is C17H14FNO4. The predicted molar refractivity (Wildman–Crippen MR) is 80.2 cm³/mol. The molecule has 23 heavy (non-hydrogen) atoms. The quantitative estimate of drug-likeness (QED) is 0.879. The van der Waals surface area contributed by atoms with Crippen LogP contribution in [0.25, 0.3) is 0 Å². The number of aliphatic hydroxyl groups is 1. The number of ether oxygens (including phenoxy) is 2. The molecule has 2 aliphatic rings. The number of benzene rings is 2. The highest BCUT2D eigenvalue weighted by Gasteiger charge is 2.29. The Hall–Kier alpha value is -2.60. The van der Waals surface area contributed by atoms with Gasteiger partial charge >= 0.3 is 0 Å². The number of anilines is 1. The van der Waals surface area contributed by atoms with Gasteiger partial charge in [-0.1, -0.05) is 0 Å². The number of halogens is 1. The smallest absolute Gasteiger partial charge is 0.258 e. The average molecular weight is 315 g/mol. The molecule has 1 unspecified atom stereocenters. The molecule has 0 aromatic heterocycles. The van der Waals surface area contributed by atoms with E-state index < -0.39 is 11.9 Å². The van der Waals surface area contributed by atoms with Crippen LogP contribution < -0.4 is 14.4 Å². The standard InChI is InChI=1S/C17H14FNO4/c18-11-2-3-13-12(8-11)14(20)5-6-19(13)17(21)10-1-4-15-16(7-10)23-9-22-15/h1-4,7-8,14,20H,5-6,9H2. The van der Waals surface area contributed by atoms with E-state index in [2.05, 4.69) is 0 Å². The molecule has 2 aromatic carbocycles. The second-order valence-electron chi connectivity index (χ2n) is 5.53. The minimum absolute atomic E-state index is 0.144. The maximum Gasteiger partial charge on any atom is 0.258 e. The summed E-state index contributed by atoms with van der Waals surface area (Å²) in [6, 6.07) is 9.09. The van der Waals surface area contributed by atoms with Crippen LogP contribution in [0.5, 0.6) is 11.5 Å². The number of hydrogen-bond donors (Lipinski definition) is 1. The molecule has 0 spiro atoms. The maximum atomic E-state index is 13.4. The number of nitrogens with zero attached hydrogens (tertiary/aromatic N) is 1. The van der Waals surface area contributed by atoms with Gasteiger partial charge in [0.1, 0.15) is 5.82 Å². The Morgan fingerprint density at radius 2 is 2.00 bits per heavy atom. The van der Waals surface area contributed by atoms with Crippen LogP contribution in [0.2, 0.25) is 0 Å². The number of rotatable bonds is 1. The Bertz CT molecular complexity index is 792. The molecule has 2 aliphatic heterocycles. The number of hydrogen-bond acceptors (Lipinski definition) is 4. The first-order valence-corrected chi connectivity index (χ1v) is 7.32. The Balaban J connectivity index is 1.71. The summed E-state index contributed by atoms with van der Waals surface area (Å²) in [5.41, 5.74) is 1.43. The Morgan fingerprint density at radius 3 is 2.87 bits per heavy atom. The summed E-state index contributed by atoms with van der Waals surface area (Å²) in [4.78, 5) is 14.4. The number of aliphatic hydroxyl groups excluding tert-OH is 1. The minimum atomic E-state index is -0.762. The molecule has 0 radical (unpaired) electrons. The van der Waals surface area contributed by atoms with Crippen LogP contribution >= 0.6 is 0 Å². The Kier molecular flexibility index (Phi) is 3.20. The van der Waals surface area contributed by atoms with Gasteiger partial charge in [0.05, 0.1) is 6.10 Å². The summed E-state index contributed by atoms with van der Waals surface area (Å²) < 4.78 is 24.0. The predicted octanol–water partition coefficient (Wildman–Crippen LogP) is 2.64.